The Morgan fingerprint density at radius 2 is 2.13 bits per heavy atom. The predicted octanol–water partition coefficient (Wildman–Crippen LogP) is 1.62. The minimum Gasteiger partial charge on any atom is -0.326 e. The first-order chi connectivity index (χ1) is 7.36. The summed E-state index contributed by atoms with van der Waals surface area (Å²) in [6.07, 6.45) is 2.08. The van der Waals surface area contributed by atoms with Crippen LogP contribution in [0.1, 0.15) is 12.8 Å². The number of amides is 1. The van der Waals surface area contributed by atoms with E-state index in [0.717, 1.165) is 31.6 Å². The van der Waals surface area contributed by atoms with Gasteiger partial charge in [-0.05, 0) is 31.5 Å². The van der Waals surface area contributed by atoms with Crippen molar-refractivity contribution in [3.8, 4) is 0 Å². The summed E-state index contributed by atoms with van der Waals surface area (Å²) in [5, 5.41) is 6.17. The second-order valence-corrected chi connectivity index (χ2v) is 3.90. The van der Waals surface area contributed by atoms with Crippen LogP contribution in [-0.4, -0.2) is 19.0 Å². The van der Waals surface area contributed by atoms with E-state index < -0.39 is 0 Å². The second kappa shape index (κ2) is 4.94. The number of para-hydroxylation sites is 1. The number of carbonyl (C=O) groups is 1. The van der Waals surface area contributed by atoms with E-state index in [4.69, 9.17) is 0 Å². The third-order valence-corrected chi connectivity index (χ3v) is 2.71. The summed E-state index contributed by atoms with van der Waals surface area (Å²) < 4.78 is 0. The number of anilines is 1. The van der Waals surface area contributed by atoms with Gasteiger partial charge < -0.3 is 10.6 Å². The number of benzene rings is 1. The van der Waals surface area contributed by atoms with Crippen molar-refractivity contribution in [3.05, 3.63) is 30.3 Å². The third kappa shape index (κ3) is 2.80. The molecule has 1 saturated heterocycles. The molecule has 0 aliphatic carbocycles. The average molecular weight is 204 g/mol. The van der Waals surface area contributed by atoms with Crippen LogP contribution in [0, 0.1) is 5.92 Å². The van der Waals surface area contributed by atoms with Gasteiger partial charge in [-0.25, -0.2) is 0 Å². The average Bonchev–Trinajstić information content (AvgIpc) is 2.31. The van der Waals surface area contributed by atoms with Crippen molar-refractivity contribution in [2.24, 2.45) is 5.92 Å². The fraction of sp³-hybridized carbons (Fsp3) is 0.417. The molecule has 2 rings (SSSR count). The molecule has 1 aliphatic heterocycles. The summed E-state index contributed by atoms with van der Waals surface area (Å²) in [4.78, 5) is 11.8. The smallest absolute Gasteiger partial charge is 0.228 e. The summed E-state index contributed by atoms with van der Waals surface area (Å²) in [6.45, 7) is 1.84. The van der Waals surface area contributed by atoms with Crippen molar-refractivity contribution in [2.45, 2.75) is 12.8 Å². The number of carbonyl (C=O) groups excluding carboxylic acids is 1. The van der Waals surface area contributed by atoms with Crippen molar-refractivity contribution in [2.75, 3.05) is 18.4 Å². The molecule has 0 spiro atoms. The molecule has 0 saturated carbocycles. The summed E-state index contributed by atoms with van der Waals surface area (Å²) in [5.74, 6) is 0.257. The Hall–Kier alpha value is -1.35. The topological polar surface area (TPSA) is 41.1 Å². The van der Waals surface area contributed by atoms with Crippen molar-refractivity contribution in [3.63, 3.8) is 0 Å². The van der Waals surface area contributed by atoms with E-state index in [1.54, 1.807) is 0 Å². The molecule has 15 heavy (non-hydrogen) atoms. The van der Waals surface area contributed by atoms with Gasteiger partial charge in [-0.2, -0.15) is 0 Å². The Kier molecular flexibility index (Phi) is 3.35. The van der Waals surface area contributed by atoms with Crippen LogP contribution >= 0.6 is 0 Å². The van der Waals surface area contributed by atoms with E-state index in [-0.39, 0.29) is 11.8 Å². The van der Waals surface area contributed by atoms with Gasteiger partial charge in [-0.15, -0.1) is 0 Å². The lowest BCUT2D eigenvalue weighted by Gasteiger charge is -2.21. The van der Waals surface area contributed by atoms with E-state index in [1.807, 2.05) is 30.3 Å². The fourth-order valence-corrected chi connectivity index (χ4v) is 1.84. The maximum absolute atomic E-state index is 11.8. The molecule has 1 aromatic rings. The minimum atomic E-state index is 0.124. The molecule has 0 aromatic heterocycles. The standard InChI is InChI=1S/C12H16N2O/c15-12(10-5-4-8-13-9-10)14-11-6-2-1-3-7-11/h1-3,6-7,10,13H,4-5,8-9H2,(H,14,15)/t10-/m1/s1. The number of hydrogen-bond acceptors (Lipinski definition) is 2. The maximum Gasteiger partial charge on any atom is 0.228 e. The van der Waals surface area contributed by atoms with Crippen LogP contribution in [0.5, 0.6) is 0 Å². The van der Waals surface area contributed by atoms with Crippen molar-refractivity contribution in [1.29, 1.82) is 0 Å². The molecular weight excluding hydrogens is 188 g/mol. The number of piperidine rings is 1. The summed E-state index contributed by atoms with van der Waals surface area (Å²) in [6, 6.07) is 9.61. The highest BCUT2D eigenvalue weighted by Gasteiger charge is 2.20. The Morgan fingerprint density at radius 1 is 1.33 bits per heavy atom. The van der Waals surface area contributed by atoms with E-state index in [1.165, 1.54) is 0 Å². The van der Waals surface area contributed by atoms with Crippen LogP contribution < -0.4 is 10.6 Å². The first kappa shape index (κ1) is 10.2. The predicted molar refractivity (Wildman–Crippen MR) is 60.7 cm³/mol. The summed E-state index contributed by atoms with van der Waals surface area (Å²) in [5.41, 5.74) is 0.882. The van der Waals surface area contributed by atoms with Gasteiger partial charge in [0.15, 0.2) is 0 Å². The van der Waals surface area contributed by atoms with Crippen molar-refractivity contribution >= 4 is 11.6 Å². The van der Waals surface area contributed by atoms with Crippen molar-refractivity contribution in [1.82, 2.24) is 5.32 Å². The van der Waals surface area contributed by atoms with Gasteiger partial charge >= 0.3 is 0 Å². The lowest BCUT2D eigenvalue weighted by atomic mass is 9.99. The van der Waals surface area contributed by atoms with E-state index in [9.17, 15) is 4.79 Å². The van der Waals surface area contributed by atoms with Crippen LogP contribution in [0.4, 0.5) is 5.69 Å². The third-order valence-electron chi connectivity index (χ3n) is 2.71. The maximum atomic E-state index is 11.8. The Balaban J connectivity index is 1.91. The molecule has 1 aromatic carbocycles. The molecule has 1 atom stereocenters. The van der Waals surface area contributed by atoms with E-state index >= 15 is 0 Å². The fourth-order valence-electron chi connectivity index (χ4n) is 1.84. The molecule has 1 aliphatic rings. The van der Waals surface area contributed by atoms with Gasteiger partial charge in [-0.1, -0.05) is 18.2 Å². The van der Waals surface area contributed by atoms with Gasteiger partial charge in [0.1, 0.15) is 0 Å². The number of rotatable bonds is 2. The molecule has 0 unspecified atom stereocenters. The minimum absolute atomic E-state index is 0.124. The molecule has 1 amide bonds. The van der Waals surface area contributed by atoms with Crippen LogP contribution in [0.25, 0.3) is 0 Å². The zero-order chi connectivity index (χ0) is 10.5. The quantitative estimate of drug-likeness (QED) is 0.768. The van der Waals surface area contributed by atoms with Gasteiger partial charge in [0.2, 0.25) is 5.91 Å². The van der Waals surface area contributed by atoms with Gasteiger partial charge in [-0.3, -0.25) is 4.79 Å². The monoisotopic (exact) mass is 204 g/mol. The molecule has 0 radical (unpaired) electrons. The highest BCUT2D eigenvalue weighted by atomic mass is 16.1. The molecule has 0 bridgehead atoms. The molecular formula is C12H16N2O. The Bertz CT molecular complexity index is 318. The van der Waals surface area contributed by atoms with Gasteiger partial charge in [0.05, 0.1) is 5.92 Å². The molecule has 3 nitrogen and oxygen atoms in total. The van der Waals surface area contributed by atoms with Gasteiger partial charge in [0.25, 0.3) is 0 Å². The van der Waals surface area contributed by atoms with Gasteiger partial charge in [0, 0.05) is 12.2 Å². The molecule has 3 heteroatoms. The summed E-state index contributed by atoms with van der Waals surface area (Å²) in [7, 11) is 0. The van der Waals surface area contributed by atoms with Crippen molar-refractivity contribution < 1.29 is 4.79 Å². The molecule has 2 N–H and O–H groups in total. The first-order valence-electron chi connectivity index (χ1n) is 5.43. The zero-order valence-corrected chi connectivity index (χ0v) is 8.70. The first-order valence-corrected chi connectivity index (χ1v) is 5.43. The normalized spacial score (nSPS) is 20.9. The SMILES string of the molecule is O=C(Nc1ccccc1)[C@@H]1CCCNC1. The Morgan fingerprint density at radius 3 is 2.80 bits per heavy atom. The second-order valence-electron chi connectivity index (χ2n) is 3.90. The summed E-state index contributed by atoms with van der Waals surface area (Å²) >= 11 is 0. The van der Waals surface area contributed by atoms with Crippen LogP contribution in [0.15, 0.2) is 30.3 Å². The highest BCUT2D eigenvalue weighted by molar-refractivity contribution is 5.92. The number of nitrogens with one attached hydrogen (secondary N) is 2. The lowest BCUT2D eigenvalue weighted by Crippen LogP contribution is -2.37. The van der Waals surface area contributed by atoms with E-state index in [2.05, 4.69) is 10.6 Å². The number of hydrogen-bond donors (Lipinski definition) is 2. The largest absolute Gasteiger partial charge is 0.326 e. The zero-order valence-electron chi connectivity index (χ0n) is 8.70. The lowest BCUT2D eigenvalue weighted by molar-refractivity contribution is -0.120. The van der Waals surface area contributed by atoms with E-state index in [0.29, 0.717) is 0 Å². The van der Waals surface area contributed by atoms with Crippen LogP contribution in [-0.2, 0) is 4.79 Å². The molecule has 1 heterocycles. The van der Waals surface area contributed by atoms with Crippen LogP contribution in [0.2, 0.25) is 0 Å². The molecule has 80 valence electrons. The van der Waals surface area contributed by atoms with Crippen LogP contribution in [0.3, 0.4) is 0 Å². The highest BCUT2D eigenvalue weighted by Crippen LogP contribution is 2.13. The Labute approximate surface area is 89.9 Å². The molecule has 1 fully saturated rings.